The lowest BCUT2D eigenvalue weighted by Crippen LogP contribution is -2.16. The summed E-state index contributed by atoms with van der Waals surface area (Å²) in [7, 11) is 1.97. The molecule has 1 atom stereocenters. The van der Waals surface area contributed by atoms with Gasteiger partial charge in [0.15, 0.2) is 0 Å². The first-order valence-electron chi connectivity index (χ1n) is 5.26. The molecule has 0 saturated heterocycles. The molecule has 82 valence electrons. The lowest BCUT2D eigenvalue weighted by atomic mass is 9.99. The summed E-state index contributed by atoms with van der Waals surface area (Å²) in [5.74, 6) is 0. The van der Waals surface area contributed by atoms with Crippen molar-refractivity contribution in [2.24, 2.45) is 0 Å². The largest absolute Gasteiger partial charge is 0.313 e. The number of rotatable bonds is 5. The van der Waals surface area contributed by atoms with Crippen LogP contribution >= 0.6 is 11.6 Å². The molecule has 0 heterocycles. The van der Waals surface area contributed by atoms with E-state index in [1.54, 1.807) is 0 Å². The average Bonchev–Trinajstić information content (AvgIpc) is 2.25. The van der Waals surface area contributed by atoms with E-state index in [9.17, 15) is 0 Å². The minimum atomic E-state index is 0.316. The first-order valence-corrected chi connectivity index (χ1v) is 5.64. The van der Waals surface area contributed by atoms with Crippen LogP contribution in [0.15, 0.2) is 36.4 Å². The molecule has 0 saturated carbocycles. The summed E-state index contributed by atoms with van der Waals surface area (Å²) in [5.41, 5.74) is 2.48. The maximum absolute atomic E-state index is 5.97. The van der Waals surface area contributed by atoms with Crippen LogP contribution in [0.5, 0.6) is 0 Å². The van der Waals surface area contributed by atoms with E-state index in [1.165, 1.54) is 11.1 Å². The normalized spacial score (nSPS) is 12.5. The Hall–Kier alpha value is -0.790. The van der Waals surface area contributed by atoms with Gasteiger partial charge in [-0.3, -0.25) is 0 Å². The Morgan fingerprint density at radius 2 is 2.27 bits per heavy atom. The van der Waals surface area contributed by atoms with Crippen molar-refractivity contribution in [1.82, 2.24) is 5.32 Å². The van der Waals surface area contributed by atoms with Gasteiger partial charge in [0.2, 0.25) is 0 Å². The van der Waals surface area contributed by atoms with Gasteiger partial charge in [-0.15, -0.1) is 0 Å². The summed E-state index contributed by atoms with van der Waals surface area (Å²) < 4.78 is 0. The van der Waals surface area contributed by atoms with Crippen molar-refractivity contribution >= 4 is 11.6 Å². The third-order valence-corrected chi connectivity index (χ3v) is 2.83. The van der Waals surface area contributed by atoms with Crippen molar-refractivity contribution in [3.05, 3.63) is 47.0 Å². The zero-order valence-electron chi connectivity index (χ0n) is 9.39. The van der Waals surface area contributed by atoms with Gasteiger partial charge in [0.1, 0.15) is 0 Å². The summed E-state index contributed by atoms with van der Waals surface area (Å²) in [4.78, 5) is 0. The smallest absolute Gasteiger partial charge is 0.0409 e. The Balaban J connectivity index is 2.78. The van der Waals surface area contributed by atoms with Gasteiger partial charge in [-0.25, -0.2) is 0 Å². The Labute approximate surface area is 97.1 Å². The van der Waals surface area contributed by atoms with Crippen LogP contribution in [-0.2, 0) is 0 Å². The van der Waals surface area contributed by atoms with Crippen molar-refractivity contribution in [2.45, 2.75) is 25.8 Å². The molecule has 15 heavy (non-hydrogen) atoms. The lowest BCUT2D eigenvalue weighted by molar-refractivity contribution is 0.583. The number of nitrogens with one attached hydrogen (secondary N) is 1. The van der Waals surface area contributed by atoms with Gasteiger partial charge in [0.25, 0.3) is 0 Å². The van der Waals surface area contributed by atoms with Crippen molar-refractivity contribution < 1.29 is 0 Å². The van der Waals surface area contributed by atoms with Gasteiger partial charge in [0, 0.05) is 11.1 Å². The fourth-order valence-electron chi connectivity index (χ4n) is 1.54. The summed E-state index contributed by atoms with van der Waals surface area (Å²) >= 11 is 5.97. The topological polar surface area (TPSA) is 12.0 Å². The standard InChI is InChI=1S/C13H18ClN/c1-4-10(2)8-13(15-3)11-6-5-7-12(14)9-11/h5-7,9,13,15H,2,4,8H2,1,3H3. The molecular formula is C13H18ClN. The highest BCUT2D eigenvalue weighted by atomic mass is 35.5. The van der Waals surface area contributed by atoms with Crippen LogP contribution in [0.1, 0.15) is 31.4 Å². The van der Waals surface area contributed by atoms with Crippen molar-refractivity contribution in [2.75, 3.05) is 7.05 Å². The molecule has 1 aromatic carbocycles. The minimum Gasteiger partial charge on any atom is -0.313 e. The quantitative estimate of drug-likeness (QED) is 0.746. The predicted octanol–water partition coefficient (Wildman–Crippen LogP) is 3.96. The van der Waals surface area contributed by atoms with Gasteiger partial charge in [-0.2, -0.15) is 0 Å². The van der Waals surface area contributed by atoms with Crippen LogP contribution in [0.3, 0.4) is 0 Å². The third kappa shape index (κ3) is 3.69. The van der Waals surface area contributed by atoms with Crippen LogP contribution in [0, 0.1) is 0 Å². The molecule has 0 aliphatic rings. The third-order valence-electron chi connectivity index (χ3n) is 2.59. The van der Waals surface area contributed by atoms with Gasteiger partial charge in [-0.1, -0.05) is 42.8 Å². The van der Waals surface area contributed by atoms with Crippen molar-refractivity contribution in [3.8, 4) is 0 Å². The second-order valence-electron chi connectivity index (χ2n) is 3.70. The van der Waals surface area contributed by atoms with Crippen LogP contribution in [0.2, 0.25) is 5.02 Å². The SMILES string of the molecule is C=C(CC)CC(NC)c1cccc(Cl)c1. The molecule has 0 aliphatic heterocycles. The summed E-state index contributed by atoms with van der Waals surface area (Å²) in [5, 5.41) is 4.08. The summed E-state index contributed by atoms with van der Waals surface area (Å²) in [6.45, 7) is 6.17. The number of hydrogen-bond donors (Lipinski definition) is 1. The molecule has 0 spiro atoms. The molecule has 0 amide bonds. The molecule has 0 aromatic heterocycles. The second-order valence-corrected chi connectivity index (χ2v) is 4.14. The highest BCUT2D eigenvalue weighted by molar-refractivity contribution is 6.30. The first-order chi connectivity index (χ1) is 7.17. The zero-order chi connectivity index (χ0) is 11.3. The molecule has 0 fully saturated rings. The van der Waals surface area contributed by atoms with E-state index < -0.39 is 0 Å². The molecule has 1 unspecified atom stereocenters. The lowest BCUT2D eigenvalue weighted by Gasteiger charge is -2.17. The summed E-state index contributed by atoms with van der Waals surface area (Å²) in [6.07, 6.45) is 1.99. The van der Waals surface area contributed by atoms with Crippen molar-refractivity contribution in [3.63, 3.8) is 0 Å². The highest BCUT2D eigenvalue weighted by Gasteiger charge is 2.09. The van der Waals surface area contributed by atoms with Gasteiger partial charge < -0.3 is 5.32 Å². The van der Waals surface area contributed by atoms with E-state index >= 15 is 0 Å². The van der Waals surface area contributed by atoms with E-state index in [-0.39, 0.29) is 0 Å². The molecule has 1 nitrogen and oxygen atoms in total. The molecule has 1 rings (SSSR count). The maximum Gasteiger partial charge on any atom is 0.0409 e. The zero-order valence-corrected chi connectivity index (χ0v) is 10.1. The van der Waals surface area contributed by atoms with E-state index in [2.05, 4.69) is 24.9 Å². The molecule has 0 radical (unpaired) electrons. The van der Waals surface area contributed by atoms with Gasteiger partial charge >= 0.3 is 0 Å². The molecule has 2 heteroatoms. The van der Waals surface area contributed by atoms with Crippen LogP contribution in [0.4, 0.5) is 0 Å². The number of hydrogen-bond acceptors (Lipinski definition) is 1. The average molecular weight is 224 g/mol. The predicted molar refractivity (Wildman–Crippen MR) is 67.3 cm³/mol. The fourth-order valence-corrected chi connectivity index (χ4v) is 1.74. The monoisotopic (exact) mass is 223 g/mol. The number of halogens is 1. The van der Waals surface area contributed by atoms with Gasteiger partial charge in [0.05, 0.1) is 0 Å². The molecule has 0 bridgehead atoms. The van der Waals surface area contributed by atoms with Crippen LogP contribution in [-0.4, -0.2) is 7.05 Å². The van der Waals surface area contributed by atoms with E-state index in [4.69, 9.17) is 11.6 Å². The van der Waals surface area contributed by atoms with E-state index in [1.807, 2.05) is 25.2 Å². The Morgan fingerprint density at radius 1 is 1.53 bits per heavy atom. The van der Waals surface area contributed by atoms with Crippen molar-refractivity contribution in [1.29, 1.82) is 0 Å². The maximum atomic E-state index is 5.97. The minimum absolute atomic E-state index is 0.316. The molecule has 1 aromatic rings. The molecule has 0 aliphatic carbocycles. The molecular weight excluding hydrogens is 206 g/mol. The fraction of sp³-hybridized carbons (Fsp3) is 0.385. The highest BCUT2D eigenvalue weighted by Crippen LogP contribution is 2.23. The van der Waals surface area contributed by atoms with E-state index in [0.717, 1.165) is 17.9 Å². The van der Waals surface area contributed by atoms with Crippen LogP contribution < -0.4 is 5.32 Å². The molecule has 1 N–H and O–H groups in total. The van der Waals surface area contributed by atoms with Crippen LogP contribution in [0.25, 0.3) is 0 Å². The van der Waals surface area contributed by atoms with Gasteiger partial charge in [-0.05, 0) is 37.6 Å². The van der Waals surface area contributed by atoms with E-state index in [0.29, 0.717) is 6.04 Å². The Bertz CT molecular complexity index is 333. The Morgan fingerprint density at radius 3 is 2.80 bits per heavy atom. The second kappa shape index (κ2) is 5.94. The number of benzene rings is 1. The first kappa shape index (κ1) is 12.3. The Kier molecular flexibility index (Phi) is 4.86. The summed E-state index contributed by atoms with van der Waals surface area (Å²) in [6, 6.07) is 8.29.